The topological polar surface area (TPSA) is 59.9 Å². The molecule has 6 heteroatoms. The van der Waals surface area contributed by atoms with Crippen LogP contribution >= 0.6 is 11.6 Å². The van der Waals surface area contributed by atoms with Gasteiger partial charge in [-0.1, -0.05) is 29.8 Å². The molecule has 1 heterocycles. The molecule has 0 radical (unpaired) electrons. The van der Waals surface area contributed by atoms with Crippen molar-refractivity contribution in [1.82, 2.24) is 15.2 Å². The summed E-state index contributed by atoms with van der Waals surface area (Å²) in [6.07, 6.45) is 0. The van der Waals surface area contributed by atoms with E-state index < -0.39 is 0 Å². The SMILES string of the molecule is COc1ccc(Cl)c(-c2cc3nnc(Nc4ccccc4)nc3cc2C)c1. The first-order valence-electron chi connectivity index (χ1n) is 8.45. The van der Waals surface area contributed by atoms with Crippen LogP contribution in [0, 0.1) is 6.92 Å². The first-order valence-corrected chi connectivity index (χ1v) is 8.83. The average molecular weight is 377 g/mol. The average Bonchev–Trinajstić information content (AvgIpc) is 2.69. The van der Waals surface area contributed by atoms with Crippen molar-refractivity contribution in [2.75, 3.05) is 12.4 Å². The molecule has 0 spiro atoms. The predicted octanol–water partition coefficient (Wildman–Crippen LogP) is 5.41. The molecule has 0 fully saturated rings. The number of aromatic nitrogens is 3. The number of aryl methyl sites for hydroxylation is 1. The van der Waals surface area contributed by atoms with Crippen molar-refractivity contribution in [3.63, 3.8) is 0 Å². The normalized spacial score (nSPS) is 10.8. The van der Waals surface area contributed by atoms with Crippen LogP contribution in [0.15, 0.2) is 60.7 Å². The summed E-state index contributed by atoms with van der Waals surface area (Å²) >= 11 is 6.41. The molecule has 134 valence electrons. The van der Waals surface area contributed by atoms with E-state index >= 15 is 0 Å². The number of fused-ring (bicyclic) bond motifs is 1. The van der Waals surface area contributed by atoms with Gasteiger partial charge in [0.1, 0.15) is 11.3 Å². The highest BCUT2D eigenvalue weighted by Crippen LogP contribution is 2.35. The Kier molecular flexibility index (Phi) is 4.60. The number of anilines is 2. The molecule has 0 amide bonds. The smallest absolute Gasteiger partial charge is 0.247 e. The lowest BCUT2D eigenvalue weighted by Gasteiger charge is -2.11. The van der Waals surface area contributed by atoms with Crippen LogP contribution in [0.1, 0.15) is 5.56 Å². The Balaban J connectivity index is 1.75. The minimum absolute atomic E-state index is 0.459. The summed E-state index contributed by atoms with van der Waals surface area (Å²) in [4.78, 5) is 4.58. The molecule has 1 N–H and O–H groups in total. The van der Waals surface area contributed by atoms with Gasteiger partial charge < -0.3 is 10.1 Å². The molecule has 3 aromatic carbocycles. The monoisotopic (exact) mass is 376 g/mol. The van der Waals surface area contributed by atoms with E-state index in [4.69, 9.17) is 16.3 Å². The first kappa shape index (κ1) is 17.2. The highest BCUT2D eigenvalue weighted by molar-refractivity contribution is 6.33. The van der Waals surface area contributed by atoms with E-state index in [2.05, 4.69) is 20.5 Å². The molecule has 4 aromatic rings. The molecule has 0 aliphatic heterocycles. The van der Waals surface area contributed by atoms with Gasteiger partial charge in [0.25, 0.3) is 0 Å². The maximum atomic E-state index is 6.41. The third-order valence-electron chi connectivity index (χ3n) is 4.29. The second kappa shape index (κ2) is 7.21. The number of benzene rings is 3. The maximum Gasteiger partial charge on any atom is 0.247 e. The lowest BCUT2D eigenvalue weighted by molar-refractivity contribution is 0.415. The molecule has 27 heavy (non-hydrogen) atoms. The van der Waals surface area contributed by atoms with E-state index in [0.29, 0.717) is 16.5 Å². The second-order valence-corrected chi connectivity index (χ2v) is 6.54. The van der Waals surface area contributed by atoms with Gasteiger partial charge in [0.15, 0.2) is 0 Å². The van der Waals surface area contributed by atoms with Crippen molar-refractivity contribution in [2.45, 2.75) is 6.92 Å². The molecule has 0 saturated heterocycles. The Bertz CT molecular complexity index is 1120. The van der Waals surface area contributed by atoms with Crippen LogP contribution in [-0.2, 0) is 0 Å². The molecule has 0 aliphatic rings. The van der Waals surface area contributed by atoms with Crippen LogP contribution < -0.4 is 10.1 Å². The Labute approximate surface area is 162 Å². The Morgan fingerprint density at radius 3 is 2.48 bits per heavy atom. The van der Waals surface area contributed by atoms with E-state index in [1.165, 1.54) is 0 Å². The fraction of sp³-hybridized carbons (Fsp3) is 0.0952. The Morgan fingerprint density at radius 2 is 1.70 bits per heavy atom. The minimum Gasteiger partial charge on any atom is -0.497 e. The summed E-state index contributed by atoms with van der Waals surface area (Å²) in [7, 11) is 1.64. The van der Waals surface area contributed by atoms with Gasteiger partial charge in [0, 0.05) is 16.3 Å². The van der Waals surface area contributed by atoms with Crippen LogP contribution in [0.4, 0.5) is 11.6 Å². The summed E-state index contributed by atoms with van der Waals surface area (Å²) in [6, 6.07) is 19.3. The lowest BCUT2D eigenvalue weighted by Crippen LogP contribution is -2.00. The largest absolute Gasteiger partial charge is 0.497 e. The first-order chi connectivity index (χ1) is 13.1. The molecule has 1 aromatic heterocycles. The van der Waals surface area contributed by atoms with Gasteiger partial charge in [-0.05, 0) is 60.5 Å². The number of rotatable bonds is 4. The molecule has 0 atom stereocenters. The van der Waals surface area contributed by atoms with Crippen molar-refractivity contribution >= 4 is 34.3 Å². The van der Waals surface area contributed by atoms with E-state index in [0.717, 1.165) is 33.6 Å². The summed E-state index contributed by atoms with van der Waals surface area (Å²) in [5, 5.41) is 12.3. The van der Waals surface area contributed by atoms with E-state index in [-0.39, 0.29) is 0 Å². The highest BCUT2D eigenvalue weighted by Gasteiger charge is 2.12. The van der Waals surface area contributed by atoms with Crippen molar-refractivity contribution < 1.29 is 4.74 Å². The van der Waals surface area contributed by atoms with E-state index in [1.54, 1.807) is 7.11 Å². The van der Waals surface area contributed by atoms with Gasteiger partial charge in [-0.15, -0.1) is 10.2 Å². The number of methoxy groups -OCH3 is 1. The van der Waals surface area contributed by atoms with Crippen LogP contribution in [-0.4, -0.2) is 22.3 Å². The van der Waals surface area contributed by atoms with E-state index in [1.807, 2.05) is 67.6 Å². The molecule has 0 bridgehead atoms. The summed E-state index contributed by atoms with van der Waals surface area (Å²) in [5.74, 6) is 1.21. The summed E-state index contributed by atoms with van der Waals surface area (Å²) in [5.41, 5.74) is 5.30. The lowest BCUT2D eigenvalue weighted by atomic mass is 9.99. The van der Waals surface area contributed by atoms with Gasteiger partial charge in [-0.2, -0.15) is 0 Å². The fourth-order valence-electron chi connectivity index (χ4n) is 2.92. The van der Waals surface area contributed by atoms with Crippen molar-refractivity contribution in [3.8, 4) is 16.9 Å². The fourth-order valence-corrected chi connectivity index (χ4v) is 3.14. The molecule has 5 nitrogen and oxygen atoms in total. The molecule has 4 rings (SSSR count). The van der Waals surface area contributed by atoms with Crippen molar-refractivity contribution in [3.05, 3.63) is 71.2 Å². The van der Waals surface area contributed by atoms with Crippen LogP contribution in [0.3, 0.4) is 0 Å². The molecule has 0 unspecified atom stereocenters. The molecular formula is C21H17ClN4O. The third-order valence-corrected chi connectivity index (χ3v) is 4.62. The zero-order chi connectivity index (χ0) is 18.8. The zero-order valence-corrected chi connectivity index (χ0v) is 15.7. The molecule has 0 saturated carbocycles. The third kappa shape index (κ3) is 3.55. The number of hydrogen-bond donors (Lipinski definition) is 1. The second-order valence-electron chi connectivity index (χ2n) is 6.13. The Morgan fingerprint density at radius 1 is 0.889 bits per heavy atom. The quantitative estimate of drug-likeness (QED) is 0.516. The van der Waals surface area contributed by atoms with Crippen molar-refractivity contribution in [2.24, 2.45) is 0 Å². The number of halogens is 1. The predicted molar refractivity (Wildman–Crippen MR) is 109 cm³/mol. The van der Waals surface area contributed by atoms with Crippen molar-refractivity contribution in [1.29, 1.82) is 0 Å². The number of ether oxygens (including phenoxy) is 1. The maximum absolute atomic E-state index is 6.41. The van der Waals surface area contributed by atoms with Crippen LogP contribution in [0.2, 0.25) is 5.02 Å². The standard InChI is InChI=1S/C21H17ClN4O/c1-13-10-19-20(12-16(13)17-11-15(27-2)8-9-18(17)22)25-26-21(24-19)23-14-6-4-3-5-7-14/h3-12H,1-2H3,(H,23,24,26). The molecule has 0 aliphatic carbocycles. The number of hydrogen-bond acceptors (Lipinski definition) is 5. The van der Waals surface area contributed by atoms with Crippen LogP contribution in [0.5, 0.6) is 5.75 Å². The van der Waals surface area contributed by atoms with Gasteiger partial charge in [0.2, 0.25) is 5.95 Å². The van der Waals surface area contributed by atoms with Gasteiger partial charge >= 0.3 is 0 Å². The summed E-state index contributed by atoms with van der Waals surface area (Å²) in [6.45, 7) is 2.02. The number of para-hydroxylation sites is 1. The van der Waals surface area contributed by atoms with Gasteiger partial charge in [-0.3, -0.25) is 0 Å². The zero-order valence-electron chi connectivity index (χ0n) is 14.9. The number of nitrogens with zero attached hydrogens (tertiary/aromatic N) is 3. The molecular weight excluding hydrogens is 360 g/mol. The minimum atomic E-state index is 0.459. The highest BCUT2D eigenvalue weighted by atomic mass is 35.5. The van der Waals surface area contributed by atoms with Gasteiger partial charge in [-0.25, -0.2) is 4.98 Å². The van der Waals surface area contributed by atoms with E-state index in [9.17, 15) is 0 Å². The number of nitrogens with one attached hydrogen (secondary N) is 1. The summed E-state index contributed by atoms with van der Waals surface area (Å²) < 4.78 is 5.32. The van der Waals surface area contributed by atoms with Gasteiger partial charge in [0.05, 0.1) is 12.6 Å². The Hall–Kier alpha value is -3.18. The van der Waals surface area contributed by atoms with Crippen LogP contribution in [0.25, 0.3) is 22.2 Å².